The smallest absolute Gasteiger partial charge is 0.411 e. The number of hydrogen-bond acceptors (Lipinski definition) is 4. The van der Waals surface area contributed by atoms with Gasteiger partial charge >= 0.3 is 12.1 Å². The van der Waals surface area contributed by atoms with Crippen LogP contribution in [0.25, 0.3) is 11.1 Å². The lowest BCUT2D eigenvalue weighted by Gasteiger charge is -2.16. The van der Waals surface area contributed by atoms with E-state index in [-0.39, 0.29) is 24.9 Å². The van der Waals surface area contributed by atoms with Crippen molar-refractivity contribution in [2.45, 2.75) is 30.7 Å². The van der Waals surface area contributed by atoms with Crippen molar-refractivity contribution in [1.82, 2.24) is 5.32 Å². The van der Waals surface area contributed by atoms with Crippen LogP contribution >= 0.6 is 0 Å². The topological polar surface area (TPSA) is 105 Å². The highest BCUT2D eigenvalue weighted by Crippen LogP contribution is 2.44. The van der Waals surface area contributed by atoms with E-state index in [1.807, 2.05) is 24.3 Å². The number of carbonyl (C=O) groups excluding carboxylic acids is 2. The maximum atomic E-state index is 12.5. The Kier molecular flexibility index (Phi) is 5.53. The zero-order valence-electron chi connectivity index (χ0n) is 18.4. The lowest BCUT2D eigenvalue weighted by Crippen LogP contribution is -2.38. The Balaban J connectivity index is 1.18. The molecular formula is C27H24N2O5. The third kappa shape index (κ3) is 4.37. The minimum absolute atomic E-state index is 0.0234. The monoisotopic (exact) mass is 456 g/mol. The number of aliphatic carboxylic acids is 1. The standard InChI is InChI=1S/C27H24N2O5/c30-24(31)15-27(13-14-27)29-25(32)17-9-11-18(12-10-17)28-26(33)34-16-23-21-7-3-1-5-19(21)20-6-2-4-8-22(20)23/h1-12,23H,13-16H2,(H,28,33)(H,29,32)(H,30,31). The van der Waals surface area contributed by atoms with E-state index in [1.54, 1.807) is 24.3 Å². The van der Waals surface area contributed by atoms with Crippen LogP contribution in [-0.4, -0.2) is 35.2 Å². The molecule has 7 heteroatoms. The van der Waals surface area contributed by atoms with Crippen molar-refractivity contribution in [2.24, 2.45) is 0 Å². The molecule has 0 atom stereocenters. The first kappa shape index (κ1) is 21.7. The van der Waals surface area contributed by atoms with Gasteiger partial charge in [0.15, 0.2) is 0 Å². The predicted molar refractivity (Wildman–Crippen MR) is 127 cm³/mol. The molecule has 172 valence electrons. The molecule has 2 amide bonds. The second-order valence-electron chi connectivity index (χ2n) is 8.83. The zero-order chi connectivity index (χ0) is 23.7. The molecule has 0 radical (unpaired) electrons. The average Bonchev–Trinajstić information content (AvgIpc) is 3.49. The Hall–Kier alpha value is -4.13. The number of rotatable bonds is 7. The molecule has 0 heterocycles. The fraction of sp³-hybridized carbons (Fsp3) is 0.222. The molecule has 0 spiro atoms. The number of benzene rings is 3. The Morgan fingerprint density at radius 2 is 1.47 bits per heavy atom. The van der Waals surface area contributed by atoms with Crippen LogP contribution in [0.4, 0.5) is 10.5 Å². The summed E-state index contributed by atoms with van der Waals surface area (Å²) < 4.78 is 5.55. The highest BCUT2D eigenvalue weighted by atomic mass is 16.5. The number of amides is 2. The Labute approximate surface area is 196 Å². The molecule has 3 aromatic carbocycles. The summed E-state index contributed by atoms with van der Waals surface area (Å²) in [6, 6.07) is 22.7. The molecule has 1 fully saturated rings. The summed E-state index contributed by atoms with van der Waals surface area (Å²) in [6.45, 7) is 0.214. The number of anilines is 1. The van der Waals surface area contributed by atoms with Gasteiger partial charge in [-0.15, -0.1) is 0 Å². The van der Waals surface area contributed by atoms with E-state index in [0.29, 0.717) is 24.1 Å². The Morgan fingerprint density at radius 3 is 2.03 bits per heavy atom. The van der Waals surface area contributed by atoms with E-state index in [4.69, 9.17) is 9.84 Å². The van der Waals surface area contributed by atoms with E-state index in [9.17, 15) is 14.4 Å². The summed E-state index contributed by atoms with van der Waals surface area (Å²) in [5.74, 6) is -1.28. The molecule has 0 unspecified atom stereocenters. The van der Waals surface area contributed by atoms with E-state index in [2.05, 4.69) is 34.9 Å². The third-order valence-corrected chi connectivity index (χ3v) is 6.46. The molecule has 7 nitrogen and oxygen atoms in total. The van der Waals surface area contributed by atoms with Gasteiger partial charge in [0.1, 0.15) is 6.61 Å². The molecule has 0 saturated heterocycles. The molecule has 0 aliphatic heterocycles. The number of hydrogen-bond donors (Lipinski definition) is 3. The zero-order valence-corrected chi connectivity index (χ0v) is 18.4. The van der Waals surface area contributed by atoms with Gasteiger partial charge in [-0.3, -0.25) is 14.9 Å². The molecule has 2 aliphatic carbocycles. The second kappa shape index (κ2) is 8.67. The quantitative estimate of drug-likeness (QED) is 0.474. The van der Waals surface area contributed by atoms with Crippen molar-refractivity contribution < 1.29 is 24.2 Å². The van der Waals surface area contributed by atoms with Gasteiger partial charge in [-0.2, -0.15) is 0 Å². The predicted octanol–water partition coefficient (Wildman–Crippen LogP) is 4.78. The van der Waals surface area contributed by atoms with E-state index >= 15 is 0 Å². The van der Waals surface area contributed by atoms with Gasteiger partial charge in [0.2, 0.25) is 0 Å². The third-order valence-electron chi connectivity index (χ3n) is 6.46. The summed E-state index contributed by atoms with van der Waals surface area (Å²) >= 11 is 0. The van der Waals surface area contributed by atoms with Crippen LogP contribution in [0.1, 0.15) is 46.7 Å². The first-order chi connectivity index (χ1) is 16.4. The number of fused-ring (bicyclic) bond motifs is 3. The number of ether oxygens (including phenoxy) is 1. The lowest BCUT2D eigenvalue weighted by atomic mass is 9.98. The van der Waals surface area contributed by atoms with Gasteiger partial charge < -0.3 is 15.2 Å². The molecule has 2 aliphatic rings. The van der Waals surface area contributed by atoms with Crippen molar-refractivity contribution in [3.8, 4) is 11.1 Å². The van der Waals surface area contributed by atoms with Crippen molar-refractivity contribution in [1.29, 1.82) is 0 Å². The van der Waals surface area contributed by atoms with Gasteiger partial charge in [-0.1, -0.05) is 48.5 Å². The summed E-state index contributed by atoms with van der Waals surface area (Å²) in [4.78, 5) is 35.9. The molecule has 0 aromatic heterocycles. The van der Waals surface area contributed by atoms with Crippen molar-refractivity contribution >= 4 is 23.7 Å². The maximum absolute atomic E-state index is 12.5. The van der Waals surface area contributed by atoms with Crippen molar-refractivity contribution in [3.63, 3.8) is 0 Å². The minimum Gasteiger partial charge on any atom is -0.481 e. The fourth-order valence-corrected chi connectivity index (χ4v) is 4.56. The maximum Gasteiger partial charge on any atom is 0.411 e. The molecular weight excluding hydrogens is 432 g/mol. The van der Waals surface area contributed by atoms with Gasteiger partial charge in [0, 0.05) is 17.2 Å². The van der Waals surface area contributed by atoms with Gasteiger partial charge in [-0.25, -0.2) is 4.79 Å². The highest BCUT2D eigenvalue weighted by molar-refractivity contribution is 5.96. The molecule has 34 heavy (non-hydrogen) atoms. The Bertz CT molecular complexity index is 1220. The summed E-state index contributed by atoms with van der Waals surface area (Å²) in [5.41, 5.74) is 4.87. The summed E-state index contributed by atoms with van der Waals surface area (Å²) in [6.07, 6.45) is 0.663. The van der Waals surface area contributed by atoms with Gasteiger partial charge in [0.05, 0.1) is 12.0 Å². The van der Waals surface area contributed by atoms with Crippen LogP contribution in [0.2, 0.25) is 0 Å². The van der Waals surface area contributed by atoms with Crippen molar-refractivity contribution in [2.75, 3.05) is 11.9 Å². The van der Waals surface area contributed by atoms with Crippen LogP contribution in [0.3, 0.4) is 0 Å². The average molecular weight is 456 g/mol. The molecule has 0 bridgehead atoms. The number of carboxylic acid groups (broad SMARTS) is 1. The van der Waals surface area contributed by atoms with E-state index in [0.717, 1.165) is 22.3 Å². The van der Waals surface area contributed by atoms with Crippen LogP contribution in [0, 0.1) is 0 Å². The highest BCUT2D eigenvalue weighted by Gasteiger charge is 2.45. The fourth-order valence-electron chi connectivity index (χ4n) is 4.56. The van der Waals surface area contributed by atoms with Crippen LogP contribution < -0.4 is 10.6 Å². The van der Waals surface area contributed by atoms with E-state index in [1.165, 1.54) is 0 Å². The SMILES string of the molecule is O=C(O)CC1(NC(=O)c2ccc(NC(=O)OCC3c4ccccc4-c4ccccc43)cc2)CC1. The first-order valence-corrected chi connectivity index (χ1v) is 11.2. The Morgan fingerprint density at radius 1 is 0.882 bits per heavy atom. The van der Waals surface area contributed by atoms with Crippen LogP contribution in [0.5, 0.6) is 0 Å². The van der Waals surface area contributed by atoms with Gasteiger partial charge in [-0.05, 0) is 59.4 Å². The minimum atomic E-state index is -0.930. The second-order valence-corrected chi connectivity index (χ2v) is 8.83. The van der Waals surface area contributed by atoms with Crippen molar-refractivity contribution in [3.05, 3.63) is 89.5 Å². The van der Waals surface area contributed by atoms with Gasteiger partial charge in [0.25, 0.3) is 5.91 Å². The molecule has 3 aromatic rings. The molecule has 1 saturated carbocycles. The van der Waals surface area contributed by atoms with Crippen LogP contribution in [0.15, 0.2) is 72.8 Å². The number of nitrogens with one attached hydrogen (secondary N) is 2. The number of carbonyl (C=O) groups is 3. The molecule has 5 rings (SSSR count). The lowest BCUT2D eigenvalue weighted by molar-refractivity contribution is -0.137. The van der Waals surface area contributed by atoms with E-state index < -0.39 is 17.6 Å². The summed E-state index contributed by atoms with van der Waals surface area (Å²) in [7, 11) is 0. The first-order valence-electron chi connectivity index (χ1n) is 11.2. The summed E-state index contributed by atoms with van der Waals surface area (Å²) in [5, 5.41) is 14.5. The normalized spacial score (nSPS) is 15.1. The van der Waals surface area contributed by atoms with Crippen LogP contribution in [-0.2, 0) is 9.53 Å². The largest absolute Gasteiger partial charge is 0.481 e. The molecule has 3 N–H and O–H groups in total. The number of carboxylic acids is 1.